The number of amides is 1. The summed E-state index contributed by atoms with van der Waals surface area (Å²) in [7, 11) is 0. The van der Waals surface area contributed by atoms with E-state index in [1.54, 1.807) is 0 Å². The van der Waals surface area contributed by atoms with E-state index in [2.05, 4.69) is 5.32 Å². The molecule has 1 aliphatic rings. The van der Waals surface area contributed by atoms with Crippen LogP contribution in [-0.2, 0) is 4.79 Å². The van der Waals surface area contributed by atoms with Crippen LogP contribution in [0.25, 0.3) is 0 Å². The van der Waals surface area contributed by atoms with Gasteiger partial charge in [0.15, 0.2) is 6.10 Å². The minimum atomic E-state index is -0.390. The summed E-state index contributed by atoms with van der Waals surface area (Å²) in [5.74, 6) is 0.802. The zero-order valence-electron chi connectivity index (χ0n) is 12.5. The van der Waals surface area contributed by atoms with Gasteiger partial charge in [0.1, 0.15) is 5.75 Å². The summed E-state index contributed by atoms with van der Waals surface area (Å²) >= 11 is 0. The normalized spacial score (nSPS) is 17.5. The highest BCUT2D eigenvalue weighted by Gasteiger charge is 2.22. The Kier molecular flexibility index (Phi) is 5.45. The number of nitrogens with one attached hydrogen (secondary N) is 1. The summed E-state index contributed by atoms with van der Waals surface area (Å²) in [5.41, 5.74) is 1.14. The molecular formula is C17H25NO2. The van der Waals surface area contributed by atoms with Gasteiger partial charge in [-0.1, -0.05) is 38.3 Å². The molecule has 3 heteroatoms. The molecule has 1 unspecified atom stereocenters. The Morgan fingerprint density at radius 2 is 2.10 bits per heavy atom. The van der Waals surface area contributed by atoms with Gasteiger partial charge in [0.05, 0.1) is 0 Å². The summed E-state index contributed by atoms with van der Waals surface area (Å²) in [6.45, 7) is 4.01. The number of hydrogen-bond acceptors (Lipinski definition) is 2. The van der Waals surface area contributed by atoms with Crippen LogP contribution in [0.2, 0.25) is 0 Å². The lowest BCUT2D eigenvalue weighted by Gasteiger charge is -2.25. The monoisotopic (exact) mass is 275 g/mol. The predicted octanol–water partition coefficient (Wildman–Crippen LogP) is 3.60. The first kappa shape index (κ1) is 14.9. The molecule has 3 nitrogen and oxygen atoms in total. The molecule has 0 aromatic heterocycles. The lowest BCUT2D eigenvalue weighted by atomic mass is 9.95. The molecule has 0 radical (unpaired) electrons. The quantitative estimate of drug-likeness (QED) is 0.891. The maximum Gasteiger partial charge on any atom is 0.261 e. The molecule has 1 aromatic carbocycles. The fourth-order valence-electron chi connectivity index (χ4n) is 2.72. The highest BCUT2D eigenvalue weighted by atomic mass is 16.5. The second-order valence-corrected chi connectivity index (χ2v) is 5.67. The van der Waals surface area contributed by atoms with Crippen LogP contribution < -0.4 is 10.1 Å². The minimum Gasteiger partial charge on any atom is -0.481 e. The topological polar surface area (TPSA) is 38.3 Å². The third-order valence-corrected chi connectivity index (χ3v) is 3.88. The van der Waals surface area contributed by atoms with Gasteiger partial charge >= 0.3 is 0 Å². The van der Waals surface area contributed by atoms with Gasteiger partial charge in [-0.15, -0.1) is 0 Å². The van der Waals surface area contributed by atoms with Crippen LogP contribution in [0, 0.1) is 6.92 Å². The van der Waals surface area contributed by atoms with Crippen LogP contribution in [0.5, 0.6) is 5.75 Å². The standard InChI is InChI=1S/C17H25NO2/c1-3-16(20-15-11-7-8-13(2)12-15)17(19)18-14-9-5-4-6-10-14/h7-8,11-12,14,16H,3-6,9-10H2,1-2H3,(H,18,19). The van der Waals surface area contributed by atoms with E-state index < -0.39 is 6.10 Å². The fraction of sp³-hybridized carbons (Fsp3) is 0.588. The number of hydrogen-bond donors (Lipinski definition) is 1. The van der Waals surface area contributed by atoms with Crippen LogP contribution in [0.4, 0.5) is 0 Å². The Labute approximate surface area is 121 Å². The van der Waals surface area contributed by atoms with Crippen LogP contribution in [0.3, 0.4) is 0 Å². The van der Waals surface area contributed by atoms with Crippen LogP contribution in [0.1, 0.15) is 51.0 Å². The summed E-state index contributed by atoms with van der Waals surface area (Å²) in [6.07, 6.45) is 6.24. The lowest BCUT2D eigenvalue weighted by Crippen LogP contribution is -2.44. The van der Waals surface area contributed by atoms with E-state index in [-0.39, 0.29) is 5.91 Å². The smallest absolute Gasteiger partial charge is 0.261 e. The van der Waals surface area contributed by atoms with Gasteiger partial charge in [-0.05, 0) is 43.9 Å². The summed E-state index contributed by atoms with van der Waals surface area (Å²) in [6, 6.07) is 8.19. The predicted molar refractivity (Wildman–Crippen MR) is 80.9 cm³/mol. The van der Waals surface area contributed by atoms with Crippen molar-refractivity contribution in [3.05, 3.63) is 29.8 Å². The zero-order chi connectivity index (χ0) is 14.4. The Morgan fingerprint density at radius 3 is 2.75 bits per heavy atom. The van der Waals surface area contributed by atoms with Crippen molar-refractivity contribution in [3.8, 4) is 5.75 Å². The highest BCUT2D eigenvalue weighted by molar-refractivity contribution is 5.81. The maximum atomic E-state index is 12.3. The molecule has 0 spiro atoms. The average Bonchev–Trinajstić information content (AvgIpc) is 2.46. The van der Waals surface area contributed by atoms with E-state index >= 15 is 0 Å². The SMILES string of the molecule is CCC(Oc1cccc(C)c1)C(=O)NC1CCCCC1. The Morgan fingerprint density at radius 1 is 1.35 bits per heavy atom. The molecule has 1 aliphatic carbocycles. The van der Waals surface area contributed by atoms with E-state index in [0.29, 0.717) is 12.5 Å². The first-order chi connectivity index (χ1) is 9.69. The van der Waals surface area contributed by atoms with Gasteiger partial charge in [-0.3, -0.25) is 4.79 Å². The summed E-state index contributed by atoms with van der Waals surface area (Å²) in [4.78, 5) is 12.3. The molecule has 20 heavy (non-hydrogen) atoms. The van der Waals surface area contributed by atoms with Crippen LogP contribution in [-0.4, -0.2) is 18.1 Å². The van der Waals surface area contributed by atoms with Gasteiger partial charge in [0, 0.05) is 6.04 Å². The molecule has 0 bridgehead atoms. The third kappa shape index (κ3) is 4.26. The Balaban J connectivity index is 1.91. The average molecular weight is 275 g/mol. The van der Waals surface area contributed by atoms with Gasteiger partial charge in [-0.2, -0.15) is 0 Å². The Hall–Kier alpha value is -1.51. The summed E-state index contributed by atoms with van der Waals surface area (Å²) in [5, 5.41) is 3.14. The summed E-state index contributed by atoms with van der Waals surface area (Å²) < 4.78 is 5.84. The first-order valence-corrected chi connectivity index (χ1v) is 7.72. The van der Waals surface area contributed by atoms with Crippen molar-refractivity contribution in [2.45, 2.75) is 64.5 Å². The van der Waals surface area contributed by atoms with Crippen molar-refractivity contribution in [3.63, 3.8) is 0 Å². The fourth-order valence-corrected chi connectivity index (χ4v) is 2.72. The molecule has 0 saturated heterocycles. The molecule has 1 N–H and O–H groups in total. The molecule has 0 aliphatic heterocycles. The van der Waals surface area contributed by atoms with E-state index in [0.717, 1.165) is 24.2 Å². The van der Waals surface area contributed by atoms with Crippen molar-refractivity contribution in [1.82, 2.24) is 5.32 Å². The van der Waals surface area contributed by atoms with Gasteiger partial charge in [-0.25, -0.2) is 0 Å². The molecule has 110 valence electrons. The van der Waals surface area contributed by atoms with Crippen molar-refractivity contribution in [2.75, 3.05) is 0 Å². The molecule has 2 rings (SSSR count). The maximum absolute atomic E-state index is 12.3. The molecule has 1 atom stereocenters. The minimum absolute atomic E-state index is 0.0286. The van der Waals surface area contributed by atoms with Gasteiger partial charge in [0.25, 0.3) is 5.91 Å². The Bertz CT molecular complexity index is 438. The van der Waals surface area contributed by atoms with Crippen molar-refractivity contribution in [2.24, 2.45) is 0 Å². The molecular weight excluding hydrogens is 250 g/mol. The number of benzene rings is 1. The van der Waals surface area contributed by atoms with Gasteiger partial charge < -0.3 is 10.1 Å². The largest absolute Gasteiger partial charge is 0.481 e. The molecule has 0 heterocycles. The number of aryl methyl sites for hydroxylation is 1. The molecule has 1 fully saturated rings. The lowest BCUT2D eigenvalue weighted by molar-refractivity contribution is -0.129. The number of ether oxygens (including phenoxy) is 1. The number of carbonyl (C=O) groups is 1. The molecule has 1 saturated carbocycles. The van der Waals surface area contributed by atoms with Crippen molar-refractivity contribution < 1.29 is 9.53 Å². The van der Waals surface area contributed by atoms with E-state index in [4.69, 9.17) is 4.74 Å². The number of rotatable bonds is 5. The van der Waals surface area contributed by atoms with E-state index in [1.165, 1.54) is 19.3 Å². The van der Waals surface area contributed by atoms with Gasteiger partial charge in [0.2, 0.25) is 0 Å². The van der Waals surface area contributed by atoms with Crippen molar-refractivity contribution >= 4 is 5.91 Å². The van der Waals surface area contributed by atoms with Crippen LogP contribution in [0.15, 0.2) is 24.3 Å². The zero-order valence-corrected chi connectivity index (χ0v) is 12.5. The first-order valence-electron chi connectivity index (χ1n) is 7.72. The second kappa shape index (κ2) is 7.32. The van der Waals surface area contributed by atoms with E-state index in [9.17, 15) is 4.79 Å². The van der Waals surface area contributed by atoms with Crippen LogP contribution >= 0.6 is 0 Å². The second-order valence-electron chi connectivity index (χ2n) is 5.67. The highest BCUT2D eigenvalue weighted by Crippen LogP contribution is 2.19. The molecule has 1 aromatic rings. The van der Waals surface area contributed by atoms with Crippen molar-refractivity contribution in [1.29, 1.82) is 0 Å². The van der Waals surface area contributed by atoms with E-state index in [1.807, 2.05) is 38.1 Å². The third-order valence-electron chi connectivity index (χ3n) is 3.88. The molecule has 1 amide bonds. The number of carbonyl (C=O) groups excluding carboxylic acids is 1.